The van der Waals surface area contributed by atoms with Gasteiger partial charge in [-0.2, -0.15) is 0 Å². The number of alkyl halides is 2. The van der Waals surface area contributed by atoms with Gasteiger partial charge < -0.3 is 25.2 Å². The van der Waals surface area contributed by atoms with Crippen LogP contribution in [-0.2, 0) is 0 Å². The predicted molar refractivity (Wildman–Crippen MR) is 115 cm³/mol. The molecule has 5 rings (SSSR count). The third kappa shape index (κ3) is 4.00. The number of fused-ring (bicyclic) bond motifs is 1. The van der Waals surface area contributed by atoms with Gasteiger partial charge >= 0.3 is 0 Å². The van der Waals surface area contributed by atoms with E-state index in [-0.39, 0.29) is 36.1 Å². The van der Waals surface area contributed by atoms with Crippen molar-refractivity contribution in [2.75, 3.05) is 18.8 Å². The van der Waals surface area contributed by atoms with Crippen molar-refractivity contribution in [3.05, 3.63) is 48.4 Å². The van der Waals surface area contributed by atoms with E-state index in [9.17, 15) is 13.6 Å². The number of hydrogen-bond donors (Lipinski definition) is 3. The number of imidazole rings is 1. The zero-order chi connectivity index (χ0) is 23.2. The lowest BCUT2D eigenvalue weighted by Crippen LogP contribution is -2.37. The fraction of sp³-hybridized carbons (Fsp3) is 0.286. The molecule has 0 aliphatic carbocycles. The molecule has 0 saturated carbocycles. The number of aryl methyl sites for hydroxylation is 1. The Hall–Kier alpha value is -3.93. The van der Waals surface area contributed by atoms with Crippen LogP contribution in [0.15, 0.2) is 41.4 Å². The van der Waals surface area contributed by atoms with Gasteiger partial charge in [-0.1, -0.05) is 0 Å². The normalized spacial score (nSPS) is 17.5. The average molecular weight is 454 g/mol. The molecule has 1 aliphatic heterocycles. The van der Waals surface area contributed by atoms with Crippen molar-refractivity contribution in [2.45, 2.75) is 25.3 Å². The van der Waals surface area contributed by atoms with Gasteiger partial charge in [-0.3, -0.25) is 4.79 Å². The molecule has 0 bridgehead atoms. The molecule has 4 aromatic heterocycles. The van der Waals surface area contributed by atoms with E-state index in [2.05, 4.69) is 30.6 Å². The molecule has 5 heterocycles. The van der Waals surface area contributed by atoms with Crippen LogP contribution in [0.5, 0.6) is 0 Å². The zero-order valence-corrected chi connectivity index (χ0v) is 17.5. The van der Waals surface area contributed by atoms with Crippen molar-refractivity contribution in [2.24, 2.45) is 0 Å². The number of nitrogens with one attached hydrogen (secondary N) is 2. The first-order chi connectivity index (χ1) is 15.8. The summed E-state index contributed by atoms with van der Waals surface area (Å²) in [6.07, 6.45) is 6.06. The van der Waals surface area contributed by atoms with Crippen LogP contribution >= 0.6 is 0 Å². The van der Waals surface area contributed by atoms with E-state index >= 15 is 0 Å². The van der Waals surface area contributed by atoms with E-state index in [0.717, 1.165) is 11.3 Å². The SMILES string of the molecule is Cc1cnc2ccc(-c3nc(C(=O)NC[C@@H]4CC(F)(F)CN4)c(N)nc3-c3ncco3)cn12. The molecule has 1 fully saturated rings. The van der Waals surface area contributed by atoms with E-state index in [0.29, 0.717) is 11.3 Å². The van der Waals surface area contributed by atoms with Crippen molar-refractivity contribution in [3.63, 3.8) is 0 Å². The summed E-state index contributed by atoms with van der Waals surface area (Å²) >= 11 is 0. The van der Waals surface area contributed by atoms with Crippen molar-refractivity contribution in [1.29, 1.82) is 0 Å². The minimum atomic E-state index is -2.79. The van der Waals surface area contributed by atoms with E-state index < -0.39 is 24.4 Å². The Morgan fingerprint density at radius 1 is 1.33 bits per heavy atom. The number of carbonyl (C=O) groups is 1. The molecule has 0 aromatic carbocycles. The van der Waals surface area contributed by atoms with Gasteiger partial charge in [0.1, 0.15) is 17.6 Å². The first kappa shape index (κ1) is 20.9. The second-order valence-corrected chi connectivity index (χ2v) is 7.89. The van der Waals surface area contributed by atoms with Crippen LogP contribution in [0.4, 0.5) is 14.6 Å². The summed E-state index contributed by atoms with van der Waals surface area (Å²) in [6, 6.07) is 3.06. The van der Waals surface area contributed by atoms with Crippen LogP contribution < -0.4 is 16.4 Å². The van der Waals surface area contributed by atoms with Crippen molar-refractivity contribution < 1.29 is 18.0 Å². The Labute approximate surface area is 186 Å². The Kier molecular flexibility index (Phi) is 5.01. The maximum Gasteiger partial charge on any atom is 0.273 e. The highest BCUT2D eigenvalue weighted by molar-refractivity contribution is 5.97. The van der Waals surface area contributed by atoms with Gasteiger partial charge in [0.05, 0.1) is 12.7 Å². The summed E-state index contributed by atoms with van der Waals surface area (Å²) in [5, 5.41) is 5.31. The monoisotopic (exact) mass is 454 g/mol. The number of aromatic nitrogens is 5. The maximum absolute atomic E-state index is 13.4. The number of anilines is 1. The van der Waals surface area contributed by atoms with Crippen LogP contribution in [0.2, 0.25) is 0 Å². The van der Waals surface area contributed by atoms with E-state index in [1.807, 2.05) is 23.6 Å². The molecule has 0 spiro atoms. The van der Waals surface area contributed by atoms with Crippen LogP contribution in [0.25, 0.3) is 28.5 Å². The quantitative estimate of drug-likeness (QED) is 0.417. The topological polar surface area (TPSA) is 136 Å². The van der Waals surface area contributed by atoms with Gasteiger partial charge in [0.2, 0.25) is 5.89 Å². The van der Waals surface area contributed by atoms with Gasteiger partial charge in [-0.25, -0.2) is 28.7 Å². The number of rotatable bonds is 5. The molecule has 12 heteroatoms. The van der Waals surface area contributed by atoms with Gasteiger partial charge in [-0.15, -0.1) is 0 Å². The molecule has 33 heavy (non-hydrogen) atoms. The molecule has 0 radical (unpaired) electrons. The lowest BCUT2D eigenvalue weighted by molar-refractivity contribution is 0.0210. The number of carbonyl (C=O) groups excluding carboxylic acids is 1. The number of nitrogens with two attached hydrogens (primary N) is 1. The number of nitrogens with zero attached hydrogens (tertiary/aromatic N) is 5. The van der Waals surface area contributed by atoms with Crippen LogP contribution in [0.1, 0.15) is 22.6 Å². The first-order valence-corrected chi connectivity index (χ1v) is 10.2. The van der Waals surface area contributed by atoms with Gasteiger partial charge in [0.25, 0.3) is 11.8 Å². The minimum Gasteiger partial charge on any atom is -0.443 e. The third-order valence-corrected chi connectivity index (χ3v) is 5.44. The predicted octanol–water partition coefficient (Wildman–Crippen LogP) is 2.06. The fourth-order valence-corrected chi connectivity index (χ4v) is 3.79. The summed E-state index contributed by atoms with van der Waals surface area (Å²) in [7, 11) is 0. The molecule has 1 aliphatic rings. The van der Waals surface area contributed by atoms with Crippen LogP contribution in [0, 0.1) is 6.92 Å². The Morgan fingerprint density at radius 2 is 2.18 bits per heavy atom. The number of hydrogen-bond acceptors (Lipinski definition) is 8. The highest BCUT2D eigenvalue weighted by Crippen LogP contribution is 2.30. The maximum atomic E-state index is 13.4. The van der Waals surface area contributed by atoms with E-state index in [1.165, 1.54) is 12.5 Å². The summed E-state index contributed by atoms with van der Waals surface area (Å²) < 4.78 is 34.1. The van der Waals surface area contributed by atoms with Crippen molar-refractivity contribution in [1.82, 2.24) is 35.0 Å². The van der Waals surface area contributed by atoms with Crippen molar-refractivity contribution in [3.8, 4) is 22.8 Å². The molecule has 4 N–H and O–H groups in total. The molecule has 1 atom stereocenters. The average Bonchev–Trinajstić information content (AvgIpc) is 3.52. The largest absolute Gasteiger partial charge is 0.443 e. The van der Waals surface area contributed by atoms with E-state index in [1.54, 1.807) is 12.3 Å². The lowest BCUT2D eigenvalue weighted by Gasteiger charge is -2.14. The Morgan fingerprint density at radius 3 is 2.91 bits per heavy atom. The van der Waals surface area contributed by atoms with E-state index in [4.69, 9.17) is 10.2 Å². The molecule has 1 amide bonds. The molecule has 0 unspecified atom stereocenters. The Bertz CT molecular complexity index is 1340. The second-order valence-electron chi connectivity index (χ2n) is 7.89. The molecular formula is C21H20F2N8O2. The van der Waals surface area contributed by atoms with Crippen molar-refractivity contribution >= 4 is 17.4 Å². The highest BCUT2D eigenvalue weighted by Gasteiger charge is 2.39. The molecular weight excluding hydrogens is 434 g/mol. The number of amides is 1. The standard InChI is InChI=1S/C21H20F2N8O2/c1-11-7-26-14-3-2-12(9-31(11)14)15-16(20-25-4-5-33-20)30-18(24)17(29-15)19(32)27-8-13-6-21(22,23)10-28-13/h2-5,7,9,13,28H,6,8,10H2,1H3,(H2,24,30)(H,27,32)/t13-/m0/s1. The molecule has 1 saturated heterocycles. The van der Waals surface area contributed by atoms with Gasteiger partial charge in [-0.05, 0) is 19.1 Å². The second kappa shape index (κ2) is 7.89. The summed E-state index contributed by atoms with van der Waals surface area (Å²) in [6.45, 7) is 1.50. The smallest absolute Gasteiger partial charge is 0.273 e. The number of pyridine rings is 1. The molecule has 170 valence electrons. The fourth-order valence-electron chi connectivity index (χ4n) is 3.79. The highest BCUT2D eigenvalue weighted by atomic mass is 19.3. The number of halogens is 2. The molecule has 4 aromatic rings. The summed E-state index contributed by atoms with van der Waals surface area (Å²) in [5.74, 6) is -3.34. The Balaban J connectivity index is 1.51. The summed E-state index contributed by atoms with van der Waals surface area (Å²) in [5.41, 5.74) is 8.82. The van der Waals surface area contributed by atoms with Gasteiger partial charge in [0.15, 0.2) is 17.2 Å². The molecule has 10 nitrogen and oxygen atoms in total. The van der Waals surface area contributed by atoms with Crippen LogP contribution in [0.3, 0.4) is 0 Å². The number of oxazole rings is 1. The van der Waals surface area contributed by atoms with Gasteiger partial charge in [0, 0.05) is 42.7 Å². The third-order valence-electron chi connectivity index (χ3n) is 5.44. The minimum absolute atomic E-state index is 0.00651. The zero-order valence-electron chi connectivity index (χ0n) is 17.5. The van der Waals surface area contributed by atoms with Crippen LogP contribution in [-0.4, -0.2) is 55.3 Å². The number of nitrogen functional groups attached to an aromatic ring is 1. The first-order valence-electron chi connectivity index (χ1n) is 10.2. The summed E-state index contributed by atoms with van der Waals surface area (Å²) in [4.78, 5) is 30.1. The lowest BCUT2D eigenvalue weighted by atomic mass is 10.1.